The van der Waals surface area contributed by atoms with Gasteiger partial charge in [-0.2, -0.15) is 0 Å². The van der Waals surface area contributed by atoms with Gasteiger partial charge in [0.05, 0.1) is 23.1 Å². The zero-order valence-corrected chi connectivity index (χ0v) is 13.2. The fourth-order valence-electron chi connectivity index (χ4n) is 2.17. The highest BCUT2D eigenvalue weighted by Crippen LogP contribution is 2.26. The molecule has 0 aromatic carbocycles. The summed E-state index contributed by atoms with van der Waals surface area (Å²) in [7, 11) is -1.17. The Hall–Kier alpha value is -0.885. The van der Waals surface area contributed by atoms with Crippen LogP contribution in [0.5, 0.6) is 0 Å². The predicted octanol–water partition coefficient (Wildman–Crippen LogP) is 0.836. The lowest BCUT2D eigenvalue weighted by Crippen LogP contribution is -2.54. The number of nitrogens with zero attached hydrogens (tertiary/aromatic N) is 2. The largest absolute Gasteiger partial charge is 0.510 e. The van der Waals surface area contributed by atoms with Crippen molar-refractivity contribution in [3.63, 3.8) is 0 Å². The Labute approximate surface area is 126 Å². The average Bonchev–Trinajstić information content (AvgIpc) is 2.87. The van der Waals surface area contributed by atoms with Crippen LogP contribution in [0.3, 0.4) is 0 Å². The molecule has 0 saturated carbocycles. The molecular weight excluding hydrogens is 271 g/mol. The number of hydrogen-bond donors (Lipinski definition) is 2. The van der Waals surface area contributed by atoms with E-state index in [1.807, 2.05) is 4.57 Å². The van der Waals surface area contributed by atoms with Gasteiger partial charge in [0.2, 0.25) is 0 Å². The van der Waals surface area contributed by atoms with Crippen LogP contribution < -0.4 is 5.59 Å². The maximum atomic E-state index is 10.4. The first-order valence-corrected chi connectivity index (χ1v) is 7.44. The number of rotatable bonds is 5. The first-order chi connectivity index (χ1) is 9.72. The van der Waals surface area contributed by atoms with Gasteiger partial charge in [0.1, 0.15) is 6.23 Å². The van der Waals surface area contributed by atoms with Gasteiger partial charge in [0, 0.05) is 12.8 Å². The van der Waals surface area contributed by atoms with Crippen molar-refractivity contribution in [3.05, 3.63) is 12.5 Å². The zero-order chi connectivity index (χ0) is 15.7. The van der Waals surface area contributed by atoms with Gasteiger partial charge in [-0.25, -0.2) is 4.98 Å². The molecule has 0 aliphatic carbocycles. The highest BCUT2D eigenvalue weighted by Gasteiger charge is 2.40. The van der Waals surface area contributed by atoms with E-state index < -0.39 is 18.3 Å². The van der Waals surface area contributed by atoms with Gasteiger partial charge >= 0.3 is 7.12 Å². The Morgan fingerprint density at radius 2 is 2.10 bits per heavy atom. The summed E-state index contributed by atoms with van der Waals surface area (Å²) in [5.74, 6) is 0. The third-order valence-electron chi connectivity index (χ3n) is 4.29. The summed E-state index contributed by atoms with van der Waals surface area (Å²) >= 11 is 0. The van der Waals surface area contributed by atoms with Gasteiger partial charge in [-0.15, -0.1) is 0 Å². The topological polar surface area (TPSA) is 76.7 Å². The fourth-order valence-corrected chi connectivity index (χ4v) is 2.17. The van der Waals surface area contributed by atoms with E-state index in [0.29, 0.717) is 12.2 Å². The molecule has 1 aliphatic rings. The van der Waals surface area contributed by atoms with E-state index in [1.165, 1.54) is 0 Å². The molecule has 0 radical (unpaired) electrons. The SMILES string of the molecule is CC(C)(O)C(C)(C)OB(O)c1cncn1[C@H]1CCCCO1. The summed E-state index contributed by atoms with van der Waals surface area (Å²) in [6.07, 6.45) is 6.16. The first-order valence-electron chi connectivity index (χ1n) is 7.44. The van der Waals surface area contributed by atoms with E-state index in [4.69, 9.17) is 9.39 Å². The van der Waals surface area contributed by atoms with Gasteiger partial charge in [-0.1, -0.05) is 0 Å². The number of imidazole rings is 1. The summed E-state index contributed by atoms with van der Waals surface area (Å²) in [6.45, 7) is 7.51. The van der Waals surface area contributed by atoms with E-state index in [2.05, 4.69) is 4.98 Å². The van der Waals surface area contributed by atoms with Crippen molar-refractivity contribution in [2.75, 3.05) is 6.61 Å². The molecule has 0 bridgehead atoms. The highest BCUT2D eigenvalue weighted by molar-refractivity contribution is 6.59. The summed E-state index contributed by atoms with van der Waals surface area (Å²) in [4.78, 5) is 4.09. The van der Waals surface area contributed by atoms with Gasteiger partial charge < -0.3 is 24.1 Å². The van der Waals surface area contributed by atoms with Crippen molar-refractivity contribution < 1.29 is 19.5 Å². The third-order valence-corrected chi connectivity index (χ3v) is 4.29. The molecule has 1 aromatic rings. The van der Waals surface area contributed by atoms with Crippen LogP contribution in [0.15, 0.2) is 12.5 Å². The maximum absolute atomic E-state index is 10.4. The molecule has 1 saturated heterocycles. The lowest BCUT2D eigenvalue weighted by Gasteiger charge is -2.38. The average molecular weight is 296 g/mol. The van der Waals surface area contributed by atoms with Crippen molar-refractivity contribution in [2.24, 2.45) is 0 Å². The predicted molar refractivity (Wildman–Crippen MR) is 80.1 cm³/mol. The fraction of sp³-hybridized carbons (Fsp3) is 0.786. The van der Waals surface area contributed by atoms with Crippen LogP contribution in [-0.4, -0.2) is 44.6 Å². The van der Waals surface area contributed by atoms with Crippen LogP contribution in [0.4, 0.5) is 0 Å². The Bertz CT molecular complexity index is 464. The summed E-state index contributed by atoms with van der Waals surface area (Å²) in [6, 6.07) is 0. The van der Waals surface area contributed by atoms with Crippen LogP contribution in [-0.2, 0) is 9.39 Å². The molecular formula is C14H25BN2O4. The molecule has 0 spiro atoms. The summed E-state index contributed by atoms with van der Waals surface area (Å²) in [5.41, 5.74) is -1.45. The minimum absolute atomic E-state index is 0.111. The molecule has 118 valence electrons. The Kier molecular flexibility index (Phi) is 4.77. The Balaban J connectivity index is 2.13. The lowest BCUT2D eigenvalue weighted by molar-refractivity contribution is -0.0987. The zero-order valence-electron chi connectivity index (χ0n) is 13.2. The summed E-state index contributed by atoms with van der Waals surface area (Å²) in [5, 5.41) is 20.5. The van der Waals surface area contributed by atoms with E-state index in [0.717, 1.165) is 19.3 Å². The second-order valence-electron chi connectivity index (χ2n) is 6.59. The minimum atomic E-state index is -1.17. The molecule has 6 nitrogen and oxygen atoms in total. The molecule has 0 amide bonds. The number of aromatic nitrogens is 2. The minimum Gasteiger partial charge on any atom is -0.422 e. The van der Waals surface area contributed by atoms with Crippen LogP contribution in [0.25, 0.3) is 0 Å². The maximum Gasteiger partial charge on any atom is 0.510 e. The molecule has 2 rings (SSSR count). The van der Waals surface area contributed by atoms with Crippen molar-refractivity contribution in [3.8, 4) is 0 Å². The van der Waals surface area contributed by atoms with Crippen LogP contribution in [0.1, 0.15) is 53.2 Å². The van der Waals surface area contributed by atoms with E-state index in [1.54, 1.807) is 40.2 Å². The number of hydrogen-bond acceptors (Lipinski definition) is 5. The number of ether oxygens (including phenoxy) is 1. The van der Waals surface area contributed by atoms with Gasteiger partial charge in [-0.3, -0.25) is 0 Å². The lowest BCUT2D eigenvalue weighted by atomic mass is 9.80. The van der Waals surface area contributed by atoms with Crippen LogP contribution in [0, 0.1) is 0 Å². The van der Waals surface area contributed by atoms with Crippen LogP contribution in [0.2, 0.25) is 0 Å². The van der Waals surface area contributed by atoms with Gasteiger partial charge in [0.15, 0.2) is 0 Å². The first kappa shape index (κ1) is 16.5. The highest BCUT2D eigenvalue weighted by atomic mass is 16.6. The Morgan fingerprint density at radius 3 is 2.67 bits per heavy atom. The Morgan fingerprint density at radius 1 is 1.38 bits per heavy atom. The molecule has 7 heteroatoms. The normalized spacial score (nSPS) is 20.6. The monoisotopic (exact) mass is 296 g/mol. The second kappa shape index (κ2) is 6.08. The molecule has 21 heavy (non-hydrogen) atoms. The summed E-state index contributed by atoms with van der Waals surface area (Å²) < 4.78 is 13.2. The molecule has 2 heterocycles. The van der Waals surface area contributed by atoms with Crippen molar-refractivity contribution >= 4 is 12.7 Å². The standard InChI is InChI=1S/C14H25BN2O4/c1-13(2,18)14(3,4)21-15(19)11-9-16-10-17(11)12-7-5-6-8-20-12/h9-10,12,18-19H,5-8H2,1-4H3/t12-/m1/s1. The molecule has 1 aromatic heterocycles. The van der Waals surface area contributed by atoms with E-state index >= 15 is 0 Å². The van der Waals surface area contributed by atoms with Crippen molar-refractivity contribution in [1.82, 2.24) is 9.55 Å². The van der Waals surface area contributed by atoms with Crippen molar-refractivity contribution in [1.29, 1.82) is 0 Å². The quantitative estimate of drug-likeness (QED) is 0.787. The van der Waals surface area contributed by atoms with E-state index in [-0.39, 0.29) is 6.23 Å². The molecule has 1 atom stereocenters. The van der Waals surface area contributed by atoms with E-state index in [9.17, 15) is 10.1 Å². The molecule has 1 fully saturated rings. The van der Waals surface area contributed by atoms with Crippen molar-refractivity contribution in [2.45, 2.75) is 64.4 Å². The van der Waals surface area contributed by atoms with Gasteiger partial charge in [0.25, 0.3) is 0 Å². The van der Waals surface area contributed by atoms with Gasteiger partial charge in [-0.05, 0) is 47.0 Å². The second-order valence-corrected chi connectivity index (χ2v) is 6.59. The smallest absolute Gasteiger partial charge is 0.422 e. The molecule has 1 aliphatic heterocycles. The number of aliphatic hydroxyl groups is 1. The third kappa shape index (κ3) is 3.66. The molecule has 2 N–H and O–H groups in total. The molecule has 0 unspecified atom stereocenters. The van der Waals surface area contributed by atoms with Crippen LogP contribution >= 0.6 is 0 Å².